The second-order valence-corrected chi connectivity index (χ2v) is 6.71. The lowest BCUT2D eigenvalue weighted by Crippen LogP contribution is -2.17. The van der Waals surface area contributed by atoms with Crippen molar-refractivity contribution in [2.75, 3.05) is 0 Å². The Hall–Kier alpha value is -2.76. The van der Waals surface area contributed by atoms with Crippen LogP contribution in [-0.2, 0) is 0 Å². The average Bonchev–Trinajstić information content (AvgIpc) is 2.92. The van der Waals surface area contributed by atoms with E-state index in [2.05, 4.69) is 10.1 Å². The molecule has 0 bridgehead atoms. The summed E-state index contributed by atoms with van der Waals surface area (Å²) in [5.41, 5.74) is 2.63. The minimum absolute atomic E-state index is 0.161. The number of fused-ring (bicyclic) bond motifs is 1. The van der Waals surface area contributed by atoms with Crippen LogP contribution in [0.25, 0.3) is 27.9 Å². The molecule has 2 aromatic heterocycles. The number of aryl methyl sites for hydroxylation is 1. The van der Waals surface area contributed by atoms with Crippen molar-refractivity contribution < 1.29 is 5.11 Å². The minimum Gasteiger partial charge on any atom is -0.494 e. The molecule has 0 aliphatic rings. The molecule has 0 spiro atoms. The lowest BCUT2D eigenvalue weighted by Gasteiger charge is -2.07. The topological polar surface area (TPSA) is 70.4 Å². The molecule has 5 nitrogen and oxygen atoms in total. The van der Waals surface area contributed by atoms with Gasteiger partial charge in [-0.2, -0.15) is 9.61 Å². The van der Waals surface area contributed by atoms with Gasteiger partial charge in [0.1, 0.15) is 11.2 Å². The number of hydrogen-bond donors (Lipinski definition) is 2. The van der Waals surface area contributed by atoms with Crippen molar-refractivity contribution in [2.45, 2.75) is 6.92 Å². The van der Waals surface area contributed by atoms with Crippen LogP contribution in [0.5, 0.6) is 5.88 Å². The van der Waals surface area contributed by atoms with Crippen molar-refractivity contribution in [3.63, 3.8) is 0 Å². The third-order valence-electron chi connectivity index (χ3n) is 4.20. The summed E-state index contributed by atoms with van der Waals surface area (Å²) < 4.78 is 1.25. The van der Waals surface area contributed by atoms with E-state index in [1.54, 1.807) is 49.4 Å². The summed E-state index contributed by atoms with van der Waals surface area (Å²) in [6.45, 7) is 1.78. The number of H-pyrrole nitrogens is 1. The first-order valence-corrected chi connectivity index (χ1v) is 8.58. The first-order valence-electron chi connectivity index (χ1n) is 7.83. The van der Waals surface area contributed by atoms with E-state index >= 15 is 0 Å². The fraction of sp³-hybridized carbons (Fsp3) is 0.0526. The Morgan fingerprint density at radius 3 is 2.50 bits per heavy atom. The van der Waals surface area contributed by atoms with E-state index in [0.29, 0.717) is 38.1 Å². The van der Waals surface area contributed by atoms with E-state index in [-0.39, 0.29) is 11.4 Å². The van der Waals surface area contributed by atoms with Crippen molar-refractivity contribution in [2.24, 2.45) is 0 Å². The first-order chi connectivity index (χ1) is 12.5. The van der Waals surface area contributed by atoms with E-state index in [1.165, 1.54) is 4.52 Å². The van der Waals surface area contributed by atoms with Crippen LogP contribution in [0.15, 0.2) is 53.3 Å². The van der Waals surface area contributed by atoms with Gasteiger partial charge in [-0.25, -0.2) is 0 Å². The molecule has 0 unspecified atom stereocenters. The van der Waals surface area contributed by atoms with Gasteiger partial charge in [-0.1, -0.05) is 59.6 Å². The summed E-state index contributed by atoms with van der Waals surface area (Å²) in [5, 5.41) is 15.8. The fourth-order valence-electron chi connectivity index (χ4n) is 3.05. The molecule has 4 rings (SSSR count). The fourth-order valence-corrected chi connectivity index (χ4v) is 3.55. The van der Waals surface area contributed by atoms with Crippen LogP contribution in [0, 0.1) is 6.92 Å². The Morgan fingerprint density at radius 2 is 1.81 bits per heavy atom. The van der Waals surface area contributed by atoms with Crippen molar-refractivity contribution in [1.82, 2.24) is 14.6 Å². The molecule has 0 aliphatic heterocycles. The van der Waals surface area contributed by atoms with Crippen molar-refractivity contribution >= 4 is 28.8 Å². The summed E-state index contributed by atoms with van der Waals surface area (Å²) in [6, 6.07) is 14.0. The highest BCUT2D eigenvalue weighted by molar-refractivity contribution is 6.36. The second-order valence-electron chi connectivity index (χ2n) is 5.86. The minimum atomic E-state index is -0.415. The van der Waals surface area contributed by atoms with Crippen molar-refractivity contribution in [3.05, 3.63) is 74.6 Å². The Labute approximate surface area is 158 Å². The third kappa shape index (κ3) is 2.57. The molecule has 0 saturated heterocycles. The summed E-state index contributed by atoms with van der Waals surface area (Å²) in [5.74, 6) is -0.222. The average molecular weight is 386 g/mol. The summed E-state index contributed by atoms with van der Waals surface area (Å²) in [4.78, 5) is 15.8. The zero-order valence-electron chi connectivity index (χ0n) is 13.6. The largest absolute Gasteiger partial charge is 0.494 e. The lowest BCUT2D eigenvalue weighted by molar-refractivity contribution is 0.455. The standard InChI is InChI=1S/C19H13Cl2N3O2/c1-10-15(13-8-7-12(20)9-14(13)21)17-22-18(25)16(19(26)24(17)23-10)11-5-3-2-4-6-11/h2-9,22,25H,1H3. The number of aromatic amines is 1. The molecule has 2 heterocycles. The zero-order chi connectivity index (χ0) is 18.4. The van der Waals surface area contributed by atoms with Gasteiger partial charge in [0.25, 0.3) is 5.56 Å². The number of nitrogens with zero attached hydrogens (tertiary/aromatic N) is 2. The molecular formula is C19H13Cl2N3O2. The molecule has 0 atom stereocenters. The normalized spacial score (nSPS) is 11.2. The highest BCUT2D eigenvalue weighted by Crippen LogP contribution is 2.35. The number of aromatic hydroxyl groups is 1. The maximum Gasteiger partial charge on any atom is 0.286 e. The van der Waals surface area contributed by atoms with E-state index in [9.17, 15) is 9.90 Å². The Kier molecular flexibility index (Phi) is 3.98. The summed E-state index contributed by atoms with van der Waals surface area (Å²) in [6.07, 6.45) is 0. The highest BCUT2D eigenvalue weighted by Gasteiger charge is 2.21. The van der Waals surface area contributed by atoms with Crippen LogP contribution in [-0.4, -0.2) is 19.7 Å². The SMILES string of the molecule is Cc1nn2c(=O)c(-c3ccccc3)c(O)[nH]c2c1-c1ccc(Cl)cc1Cl. The van der Waals surface area contributed by atoms with Crippen LogP contribution in [0.2, 0.25) is 10.0 Å². The van der Waals surface area contributed by atoms with Gasteiger partial charge in [-0.15, -0.1) is 0 Å². The maximum atomic E-state index is 13.0. The first kappa shape index (κ1) is 16.7. The van der Waals surface area contributed by atoms with Crippen LogP contribution >= 0.6 is 23.2 Å². The molecule has 0 fully saturated rings. The second kappa shape index (κ2) is 6.20. The van der Waals surface area contributed by atoms with Crippen molar-refractivity contribution in [1.29, 1.82) is 0 Å². The number of benzene rings is 2. The third-order valence-corrected chi connectivity index (χ3v) is 4.75. The van der Waals surface area contributed by atoms with Crippen LogP contribution in [0.4, 0.5) is 0 Å². The molecular weight excluding hydrogens is 373 g/mol. The molecule has 4 aromatic rings. The van der Waals surface area contributed by atoms with Crippen LogP contribution in [0.1, 0.15) is 5.69 Å². The van der Waals surface area contributed by atoms with Crippen molar-refractivity contribution in [3.8, 4) is 28.1 Å². The number of rotatable bonds is 2. The molecule has 7 heteroatoms. The number of aromatic nitrogens is 3. The smallest absolute Gasteiger partial charge is 0.286 e. The van der Waals surface area contributed by atoms with Gasteiger partial charge in [-0.3, -0.25) is 4.79 Å². The maximum absolute atomic E-state index is 13.0. The van der Waals surface area contributed by atoms with E-state index in [4.69, 9.17) is 23.2 Å². The molecule has 2 N–H and O–H groups in total. The molecule has 130 valence electrons. The Balaban J connectivity index is 2.04. The van der Waals surface area contributed by atoms with Gasteiger partial charge in [0.05, 0.1) is 10.7 Å². The van der Waals surface area contributed by atoms with Crippen LogP contribution < -0.4 is 5.56 Å². The van der Waals surface area contributed by atoms with Crippen LogP contribution in [0.3, 0.4) is 0 Å². The molecule has 0 saturated carbocycles. The summed E-state index contributed by atoms with van der Waals surface area (Å²) >= 11 is 12.3. The van der Waals surface area contributed by atoms with Gasteiger partial charge in [0.2, 0.25) is 5.88 Å². The quantitative estimate of drug-likeness (QED) is 0.526. The molecule has 0 amide bonds. The molecule has 0 radical (unpaired) electrons. The van der Waals surface area contributed by atoms with Gasteiger partial charge in [0.15, 0.2) is 0 Å². The molecule has 26 heavy (non-hydrogen) atoms. The Bertz CT molecular complexity index is 1200. The number of halogens is 2. The predicted molar refractivity (Wildman–Crippen MR) is 103 cm³/mol. The zero-order valence-corrected chi connectivity index (χ0v) is 15.1. The van der Waals surface area contributed by atoms with E-state index in [0.717, 1.165) is 0 Å². The number of nitrogens with one attached hydrogen (secondary N) is 1. The lowest BCUT2D eigenvalue weighted by atomic mass is 10.1. The molecule has 2 aromatic carbocycles. The van der Waals surface area contributed by atoms with Gasteiger partial charge < -0.3 is 10.1 Å². The summed E-state index contributed by atoms with van der Waals surface area (Å²) in [7, 11) is 0. The Morgan fingerprint density at radius 1 is 1.08 bits per heavy atom. The predicted octanol–water partition coefficient (Wildman–Crippen LogP) is 4.68. The highest BCUT2D eigenvalue weighted by atomic mass is 35.5. The number of hydrogen-bond acceptors (Lipinski definition) is 3. The monoisotopic (exact) mass is 385 g/mol. The molecule has 0 aliphatic carbocycles. The van der Waals surface area contributed by atoms with Gasteiger partial charge in [0, 0.05) is 16.1 Å². The van der Waals surface area contributed by atoms with Gasteiger partial charge in [-0.05, 0) is 24.6 Å². The van der Waals surface area contributed by atoms with Gasteiger partial charge >= 0.3 is 0 Å². The van der Waals surface area contributed by atoms with E-state index < -0.39 is 5.56 Å². The van der Waals surface area contributed by atoms with E-state index in [1.807, 2.05) is 6.07 Å².